The number of unbranched alkanes of at least 4 members (excludes halogenated alkanes) is 1. The van der Waals surface area contributed by atoms with Crippen molar-refractivity contribution in [3.63, 3.8) is 0 Å². The molecule has 15 heavy (non-hydrogen) atoms. The summed E-state index contributed by atoms with van der Waals surface area (Å²) < 4.78 is 2.04. The second-order valence-corrected chi connectivity index (χ2v) is 4.80. The Kier molecular flexibility index (Phi) is 3.85. The second kappa shape index (κ2) is 4.75. The van der Waals surface area contributed by atoms with Gasteiger partial charge in [0.15, 0.2) is 5.82 Å². The van der Waals surface area contributed by atoms with Crippen molar-refractivity contribution in [2.24, 2.45) is 0 Å². The van der Waals surface area contributed by atoms with Crippen LogP contribution in [0.5, 0.6) is 0 Å². The molecular formula is C11H21N3O. The lowest BCUT2D eigenvalue weighted by molar-refractivity contribution is 0.247. The first-order chi connectivity index (χ1) is 7.00. The minimum Gasteiger partial charge on any atom is -0.388 e. The molecule has 0 saturated heterocycles. The Hall–Kier alpha value is -0.900. The maximum absolute atomic E-state index is 9.20. The summed E-state index contributed by atoms with van der Waals surface area (Å²) in [4.78, 5) is 0. The lowest BCUT2D eigenvalue weighted by Gasteiger charge is -2.24. The summed E-state index contributed by atoms with van der Waals surface area (Å²) >= 11 is 0. The van der Waals surface area contributed by atoms with E-state index in [9.17, 15) is 5.11 Å². The highest BCUT2D eigenvalue weighted by Gasteiger charge is 2.21. The molecule has 0 atom stereocenters. The smallest absolute Gasteiger partial charge is 0.159 e. The lowest BCUT2D eigenvalue weighted by Crippen LogP contribution is -2.26. The van der Waals surface area contributed by atoms with Crippen LogP contribution in [0.25, 0.3) is 0 Å². The van der Waals surface area contributed by atoms with Crippen LogP contribution in [0.3, 0.4) is 0 Å². The van der Waals surface area contributed by atoms with Crippen molar-refractivity contribution < 1.29 is 5.11 Å². The van der Waals surface area contributed by atoms with E-state index in [4.69, 9.17) is 0 Å². The van der Waals surface area contributed by atoms with Crippen LogP contribution in [0, 0.1) is 0 Å². The van der Waals surface area contributed by atoms with Gasteiger partial charge in [0.05, 0.1) is 0 Å². The van der Waals surface area contributed by atoms with E-state index in [2.05, 4.69) is 37.9 Å². The van der Waals surface area contributed by atoms with Gasteiger partial charge >= 0.3 is 0 Å². The van der Waals surface area contributed by atoms with Gasteiger partial charge in [-0.2, -0.15) is 0 Å². The normalized spacial score (nSPS) is 12.1. The molecule has 0 unspecified atom stereocenters. The molecule has 1 heterocycles. The molecule has 0 aromatic carbocycles. The van der Waals surface area contributed by atoms with Crippen molar-refractivity contribution in [3.05, 3.63) is 11.6 Å². The number of aryl methyl sites for hydroxylation is 1. The summed E-state index contributed by atoms with van der Waals surface area (Å²) in [6, 6.07) is 0. The fraction of sp³-hybridized carbons (Fsp3) is 0.818. The zero-order valence-electron chi connectivity index (χ0n) is 10.1. The van der Waals surface area contributed by atoms with Crippen molar-refractivity contribution in [2.45, 2.75) is 59.1 Å². The molecule has 1 N–H and O–H groups in total. The molecule has 0 fully saturated rings. The van der Waals surface area contributed by atoms with Gasteiger partial charge in [0.2, 0.25) is 0 Å². The zero-order chi connectivity index (χ0) is 11.5. The van der Waals surface area contributed by atoms with Crippen LogP contribution in [0.15, 0.2) is 0 Å². The molecule has 0 aliphatic heterocycles. The first kappa shape index (κ1) is 12.2. The van der Waals surface area contributed by atoms with Crippen LogP contribution in [-0.2, 0) is 18.6 Å². The van der Waals surface area contributed by atoms with Crippen LogP contribution in [0.4, 0.5) is 0 Å². The Morgan fingerprint density at radius 1 is 1.20 bits per heavy atom. The molecule has 0 aliphatic carbocycles. The molecule has 4 nitrogen and oxygen atoms in total. The standard InChI is InChI=1S/C11H21N3O/c1-5-6-7-9-12-13-10(8-15)14(9)11(2,3)4/h15H,5-8H2,1-4H3. The Bertz CT molecular complexity index is 312. The van der Waals surface area contributed by atoms with Crippen LogP contribution in [0.1, 0.15) is 52.2 Å². The summed E-state index contributed by atoms with van der Waals surface area (Å²) in [5.41, 5.74) is -0.0648. The van der Waals surface area contributed by atoms with Gasteiger partial charge in [0.1, 0.15) is 12.4 Å². The number of nitrogens with zero attached hydrogens (tertiary/aromatic N) is 3. The largest absolute Gasteiger partial charge is 0.388 e. The molecule has 1 aromatic rings. The third-order valence-corrected chi connectivity index (χ3v) is 2.36. The summed E-state index contributed by atoms with van der Waals surface area (Å²) in [6.07, 6.45) is 3.19. The highest BCUT2D eigenvalue weighted by Crippen LogP contribution is 2.19. The maximum Gasteiger partial charge on any atom is 0.159 e. The molecule has 4 heteroatoms. The van der Waals surface area contributed by atoms with Gasteiger partial charge < -0.3 is 9.67 Å². The van der Waals surface area contributed by atoms with E-state index in [-0.39, 0.29) is 12.1 Å². The Morgan fingerprint density at radius 3 is 2.27 bits per heavy atom. The van der Waals surface area contributed by atoms with Crippen LogP contribution in [-0.4, -0.2) is 19.9 Å². The first-order valence-corrected chi connectivity index (χ1v) is 5.55. The fourth-order valence-corrected chi connectivity index (χ4v) is 1.73. The SMILES string of the molecule is CCCCc1nnc(CO)n1C(C)(C)C. The predicted octanol–water partition coefficient (Wildman–Crippen LogP) is 1.87. The molecule has 0 radical (unpaired) electrons. The van der Waals surface area contributed by atoms with Crippen molar-refractivity contribution in [3.8, 4) is 0 Å². The van der Waals surface area contributed by atoms with Crippen molar-refractivity contribution in [1.29, 1.82) is 0 Å². The summed E-state index contributed by atoms with van der Waals surface area (Å²) in [5.74, 6) is 1.64. The van der Waals surface area contributed by atoms with Crippen LogP contribution < -0.4 is 0 Å². The minimum atomic E-state index is -0.0648. The van der Waals surface area contributed by atoms with Gasteiger partial charge in [-0.15, -0.1) is 10.2 Å². The maximum atomic E-state index is 9.20. The Morgan fingerprint density at radius 2 is 1.80 bits per heavy atom. The molecule has 1 rings (SSSR count). The van der Waals surface area contributed by atoms with E-state index in [1.165, 1.54) is 0 Å². The average Bonchev–Trinajstić information content (AvgIpc) is 2.56. The third kappa shape index (κ3) is 2.78. The van der Waals surface area contributed by atoms with Gasteiger partial charge in [0.25, 0.3) is 0 Å². The number of hydrogen-bond donors (Lipinski definition) is 1. The Labute approximate surface area is 91.3 Å². The monoisotopic (exact) mass is 211 g/mol. The molecule has 0 spiro atoms. The van der Waals surface area contributed by atoms with Crippen molar-refractivity contribution in [2.75, 3.05) is 0 Å². The topological polar surface area (TPSA) is 50.9 Å². The third-order valence-electron chi connectivity index (χ3n) is 2.36. The van der Waals surface area contributed by atoms with Crippen LogP contribution in [0.2, 0.25) is 0 Å². The highest BCUT2D eigenvalue weighted by molar-refractivity contribution is 5.00. The van der Waals surface area contributed by atoms with Gasteiger partial charge in [-0.3, -0.25) is 0 Å². The molecule has 0 saturated carbocycles. The number of hydrogen-bond acceptors (Lipinski definition) is 3. The molecule has 0 bridgehead atoms. The molecule has 0 amide bonds. The van der Waals surface area contributed by atoms with Gasteiger partial charge in [-0.25, -0.2) is 0 Å². The van der Waals surface area contributed by atoms with E-state index in [0.717, 1.165) is 25.1 Å². The number of aliphatic hydroxyl groups excluding tert-OH is 1. The lowest BCUT2D eigenvalue weighted by atomic mass is 10.1. The van der Waals surface area contributed by atoms with E-state index >= 15 is 0 Å². The summed E-state index contributed by atoms with van der Waals surface area (Å²) in [5, 5.41) is 17.4. The van der Waals surface area contributed by atoms with E-state index in [0.29, 0.717) is 5.82 Å². The quantitative estimate of drug-likeness (QED) is 0.827. The van der Waals surface area contributed by atoms with Crippen LogP contribution >= 0.6 is 0 Å². The fourth-order valence-electron chi connectivity index (χ4n) is 1.73. The van der Waals surface area contributed by atoms with E-state index in [1.807, 2.05) is 4.57 Å². The second-order valence-electron chi connectivity index (χ2n) is 4.80. The van der Waals surface area contributed by atoms with Gasteiger partial charge in [0, 0.05) is 12.0 Å². The minimum absolute atomic E-state index is 0.0452. The summed E-state index contributed by atoms with van der Waals surface area (Å²) in [7, 11) is 0. The van der Waals surface area contributed by atoms with Crippen molar-refractivity contribution in [1.82, 2.24) is 14.8 Å². The number of aromatic nitrogens is 3. The Balaban J connectivity index is 3.01. The van der Waals surface area contributed by atoms with E-state index < -0.39 is 0 Å². The summed E-state index contributed by atoms with van der Waals surface area (Å²) in [6.45, 7) is 8.42. The predicted molar refractivity (Wildman–Crippen MR) is 59.6 cm³/mol. The number of rotatable bonds is 4. The average molecular weight is 211 g/mol. The molecule has 0 aliphatic rings. The molecule has 86 valence electrons. The number of aliphatic hydroxyl groups is 1. The zero-order valence-corrected chi connectivity index (χ0v) is 10.1. The van der Waals surface area contributed by atoms with Gasteiger partial charge in [-0.05, 0) is 27.2 Å². The highest BCUT2D eigenvalue weighted by atomic mass is 16.3. The van der Waals surface area contributed by atoms with E-state index in [1.54, 1.807) is 0 Å². The van der Waals surface area contributed by atoms with Gasteiger partial charge in [-0.1, -0.05) is 13.3 Å². The molecule has 1 aromatic heterocycles. The molecular weight excluding hydrogens is 190 g/mol. The first-order valence-electron chi connectivity index (χ1n) is 5.55. The van der Waals surface area contributed by atoms with Crippen molar-refractivity contribution >= 4 is 0 Å².